The Morgan fingerprint density at radius 3 is 2.55 bits per heavy atom. The Kier molecular flexibility index (Phi) is 6.38. The third kappa shape index (κ3) is 5.15. The molecule has 0 N–H and O–H groups in total. The maximum absolute atomic E-state index is 12.7. The molecule has 1 fully saturated rings. The van der Waals surface area contributed by atoms with Crippen molar-refractivity contribution >= 4 is 23.2 Å². The Hall–Kier alpha value is -3.11. The Labute approximate surface area is 184 Å². The maximum atomic E-state index is 12.7. The molecule has 31 heavy (non-hydrogen) atoms. The Balaban J connectivity index is 1.29. The molecule has 0 aliphatic carbocycles. The van der Waals surface area contributed by atoms with E-state index in [4.69, 9.17) is 4.98 Å². The lowest BCUT2D eigenvalue weighted by Crippen LogP contribution is -2.48. The minimum Gasteiger partial charge on any atom is -0.347 e. The van der Waals surface area contributed by atoms with Gasteiger partial charge in [-0.25, -0.2) is 9.67 Å². The van der Waals surface area contributed by atoms with Crippen molar-refractivity contribution < 1.29 is 9.59 Å². The van der Waals surface area contributed by atoms with Crippen LogP contribution in [-0.4, -0.2) is 86.8 Å². The molecule has 0 spiro atoms. The van der Waals surface area contributed by atoms with Gasteiger partial charge in [-0.15, -0.1) is 16.4 Å². The topological polar surface area (TPSA) is 87.5 Å². The molecule has 2 amide bonds. The van der Waals surface area contributed by atoms with Gasteiger partial charge in [0.2, 0.25) is 5.91 Å². The van der Waals surface area contributed by atoms with E-state index in [1.165, 1.54) is 15.8 Å². The lowest BCUT2D eigenvalue weighted by atomic mass is 10.2. The third-order valence-corrected chi connectivity index (χ3v) is 6.11. The maximum Gasteiger partial charge on any atom is 0.276 e. The monoisotopic (exact) mass is 439 g/mol. The number of aromatic nitrogens is 4. The quantitative estimate of drug-likeness (QED) is 0.578. The molecule has 0 atom stereocenters. The zero-order chi connectivity index (χ0) is 21.8. The molecule has 0 unspecified atom stereocenters. The number of nitrogens with zero attached hydrogens (tertiary/aromatic N) is 7. The van der Waals surface area contributed by atoms with Crippen molar-refractivity contribution in [3.63, 3.8) is 0 Å². The van der Waals surface area contributed by atoms with Crippen LogP contribution in [0.1, 0.15) is 16.2 Å². The fraction of sp³-hybridized carbons (Fsp3) is 0.381. The van der Waals surface area contributed by atoms with Crippen molar-refractivity contribution in [1.29, 1.82) is 0 Å². The zero-order valence-electron chi connectivity index (χ0n) is 17.6. The second-order valence-corrected chi connectivity index (χ2v) is 8.53. The van der Waals surface area contributed by atoms with Crippen molar-refractivity contribution in [1.82, 2.24) is 34.7 Å². The predicted octanol–water partition coefficient (Wildman–Crippen LogP) is 1.45. The molecule has 10 heteroatoms. The average Bonchev–Trinajstić information content (AvgIpc) is 3.44. The number of benzene rings is 1. The van der Waals surface area contributed by atoms with Gasteiger partial charge in [-0.1, -0.05) is 35.5 Å². The number of hydrogen-bond donors (Lipinski definition) is 0. The summed E-state index contributed by atoms with van der Waals surface area (Å²) in [6.45, 7) is 3.64. The highest BCUT2D eigenvalue weighted by Gasteiger charge is 2.25. The molecule has 9 nitrogen and oxygen atoms in total. The van der Waals surface area contributed by atoms with Gasteiger partial charge in [-0.3, -0.25) is 14.5 Å². The first-order valence-electron chi connectivity index (χ1n) is 10.1. The van der Waals surface area contributed by atoms with Crippen LogP contribution in [0.25, 0.3) is 10.6 Å². The molecule has 1 aliphatic heterocycles. The second kappa shape index (κ2) is 9.36. The van der Waals surface area contributed by atoms with E-state index >= 15 is 0 Å². The van der Waals surface area contributed by atoms with Crippen LogP contribution in [0.5, 0.6) is 0 Å². The van der Waals surface area contributed by atoms with Gasteiger partial charge in [0.1, 0.15) is 11.6 Å². The van der Waals surface area contributed by atoms with Gasteiger partial charge < -0.3 is 9.80 Å². The fourth-order valence-electron chi connectivity index (χ4n) is 3.35. The zero-order valence-corrected chi connectivity index (χ0v) is 18.5. The molecule has 0 radical (unpaired) electrons. The molecule has 1 saturated heterocycles. The van der Waals surface area contributed by atoms with E-state index in [-0.39, 0.29) is 24.1 Å². The van der Waals surface area contributed by atoms with E-state index in [1.807, 2.05) is 18.2 Å². The first-order chi connectivity index (χ1) is 15.0. The number of amides is 2. The second-order valence-electron chi connectivity index (χ2n) is 7.67. The van der Waals surface area contributed by atoms with Crippen molar-refractivity contribution in [2.75, 3.05) is 40.3 Å². The highest BCUT2D eigenvalue weighted by Crippen LogP contribution is 2.24. The number of piperazine rings is 1. The van der Waals surface area contributed by atoms with Crippen LogP contribution in [0, 0.1) is 0 Å². The van der Waals surface area contributed by atoms with Crippen LogP contribution in [-0.2, 0) is 17.9 Å². The van der Waals surface area contributed by atoms with Gasteiger partial charge in [-0.05, 0) is 0 Å². The minimum atomic E-state index is -0.150. The van der Waals surface area contributed by atoms with Crippen LogP contribution < -0.4 is 0 Å². The average molecular weight is 440 g/mol. The lowest BCUT2D eigenvalue weighted by Gasteiger charge is -2.33. The van der Waals surface area contributed by atoms with Gasteiger partial charge in [0, 0.05) is 57.8 Å². The Morgan fingerprint density at radius 1 is 1.10 bits per heavy atom. The molecule has 3 aromatic rings. The van der Waals surface area contributed by atoms with E-state index in [9.17, 15) is 9.59 Å². The first-order valence-corrected chi connectivity index (χ1v) is 11.0. The van der Waals surface area contributed by atoms with E-state index in [2.05, 4.69) is 32.7 Å². The highest BCUT2D eigenvalue weighted by atomic mass is 32.1. The van der Waals surface area contributed by atoms with Gasteiger partial charge in [0.15, 0.2) is 5.69 Å². The molecule has 1 aliphatic rings. The predicted molar refractivity (Wildman–Crippen MR) is 117 cm³/mol. The molecule has 1 aromatic carbocycles. The molecular formula is C21H25N7O2S. The fourth-order valence-corrected chi connectivity index (χ4v) is 4.16. The summed E-state index contributed by atoms with van der Waals surface area (Å²) in [7, 11) is 3.36. The summed E-state index contributed by atoms with van der Waals surface area (Å²) in [4.78, 5) is 34.9. The molecule has 162 valence electrons. The van der Waals surface area contributed by atoms with Crippen LogP contribution in [0.3, 0.4) is 0 Å². The van der Waals surface area contributed by atoms with Crippen molar-refractivity contribution in [2.45, 2.75) is 13.1 Å². The number of rotatable bonds is 6. The van der Waals surface area contributed by atoms with E-state index in [0.717, 1.165) is 35.9 Å². The molecular weight excluding hydrogens is 414 g/mol. The van der Waals surface area contributed by atoms with Crippen molar-refractivity contribution in [3.05, 3.63) is 53.3 Å². The van der Waals surface area contributed by atoms with Crippen LogP contribution in [0.15, 0.2) is 41.9 Å². The molecule has 2 aromatic heterocycles. The van der Waals surface area contributed by atoms with Gasteiger partial charge >= 0.3 is 0 Å². The summed E-state index contributed by atoms with van der Waals surface area (Å²) in [5, 5.41) is 11.0. The molecule has 3 heterocycles. The largest absolute Gasteiger partial charge is 0.347 e. The summed E-state index contributed by atoms with van der Waals surface area (Å²) < 4.78 is 1.40. The molecule has 0 saturated carbocycles. The van der Waals surface area contributed by atoms with Crippen LogP contribution in [0.4, 0.5) is 0 Å². The van der Waals surface area contributed by atoms with Crippen molar-refractivity contribution in [3.8, 4) is 10.6 Å². The normalized spacial score (nSPS) is 14.6. The van der Waals surface area contributed by atoms with Crippen LogP contribution >= 0.6 is 11.3 Å². The first kappa shape index (κ1) is 21.1. The Morgan fingerprint density at radius 2 is 1.84 bits per heavy atom. The van der Waals surface area contributed by atoms with E-state index in [0.29, 0.717) is 13.1 Å². The summed E-state index contributed by atoms with van der Waals surface area (Å²) in [5.41, 5.74) is 2.46. The summed E-state index contributed by atoms with van der Waals surface area (Å²) >= 11 is 1.66. The van der Waals surface area contributed by atoms with Gasteiger partial charge in [0.05, 0.1) is 11.9 Å². The number of likely N-dealkylation sites (N-methyl/N-ethyl adjacent to an activating group) is 1. The van der Waals surface area contributed by atoms with Gasteiger partial charge in [-0.2, -0.15) is 0 Å². The number of carbonyl (C=O) groups is 2. The SMILES string of the molecule is CN(C)C(=O)Cn1cc(C(=O)N2CCN(Cc3csc(-c4ccccc4)n3)CC2)nn1. The molecule has 4 rings (SSSR count). The van der Waals surface area contributed by atoms with Gasteiger partial charge in [0.25, 0.3) is 5.91 Å². The van der Waals surface area contributed by atoms with Crippen molar-refractivity contribution in [2.24, 2.45) is 0 Å². The van der Waals surface area contributed by atoms with E-state index < -0.39 is 0 Å². The minimum absolute atomic E-state index is 0.0691. The number of thiazole rings is 1. The smallest absolute Gasteiger partial charge is 0.276 e. The summed E-state index contributed by atoms with van der Waals surface area (Å²) in [6, 6.07) is 10.2. The number of hydrogen-bond acceptors (Lipinski definition) is 7. The Bertz CT molecular complexity index is 1040. The van der Waals surface area contributed by atoms with Crippen LogP contribution in [0.2, 0.25) is 0 Å². The van der Waals surface area contributed by atoms with E-state index in [1.54, 1.807) is 30.3 Å². The number of carbonyl (C=O) groups excluding carboxylic acids is 2. The lowest BCUT2D eigenvalue weighted by molar-refractivity contribution is -0.129. The third-order valence-electron chi connectivity index (χ3n) is 5.17. The molecule has 0 bridgehead atoms. The summed E-state index contributed by atoms with van der Waals surface area (Å²) in [6.07, 6.45) is 1.54. The highest BCUT2D eigenvalue weighted by molar-refractivity contribution is 7.13. The summed E-state index contributed by atoms with van der Waals surface area (Å²) in [5.74, 6) is -0.252. The standard InChI is InChI=1S/C21H25N7O2S/c1-25(2)19(29)14-28-13-18(23-24-28)21(30)27-10-8-26(9-11-27)12-17-15-31-20(22-17)16-6-4-3-5-7-16/h3-7,13,15H,8-12,14H2,1-2H3.